The van der Waals surface area contributed by atoms with Crippen LogP contribution >= 0.6 is 11.3 Å². The second-order valence-electron chi connectivity index (χ2n) is 6.87. The molecule has 2 aromatic carbocycles. The maximum Gasteiger partial charge on any atom is 0.338 e. The van der Waals surface area contributed by atoms with Gasteiger partial charge in [0.1, 0.15) is 12.4 Å². The van der Waals surface area contributed by atoms with Crippen LogP contribution in [0.15, 0.2) is 72.1 Å². The number of carbonyl (C=O) groups is 2. The largest absolute Gasteiger partial charge is 0.479 e. The van der Waals surface area contributed by atoms with Gasteiger partial charge in [0.05, 0.1) is 10.4 Å². The minimum Gasteiger partial charge on any atom is -0.479 e. The van der Waals surface area contributed by atoms with E-state index in [1.54, 1.807) is 42.5 Å². The smallest absolute Gasteiger partial charge is 0.338 e. The second-order valence-corrected chi connectivity index (χ2v) is 7.82. The first-order valence-corrected chi connectivity index (χ1v) is 10.00. The summed E-state index contributed by atoms with van der Waals surface area (Å²) in [7, 11) is 0. The number of amides is 1. The third-order valence-corrected chi connectivity index (χ3v) is 5.34. The summed E-state index contributed by atoms with van der Waals surface area (Å²) < 4.78 is 11.5. The van der Waals surface area contributed by atoms with Crippen LogP contribution in [0.25, 0.3) is 6.08 Å². The number of carbonyl (C=O) groups excluding carboxylic acids is 2. The van der Waals surface area contributed by atoms with Gasteiger partial charge in [0.2, 0.25) is 0 Å². The Kier molecular flexibility index (Phi) is 5.18. The van der Waals surface area contributed by atoms with Gasteiger partial charge in [-0.15, -0.1) is 11.3 Å². The van der Waals surface area contributed by atoms with Crippen molar-refractivity contribution in [1.29, 1.82) is 0 Å². The molecule has 0 spiro atoms. The monoisotopic (exact) mass is 405 g/mol. The lowest BCUT2D eigenvalue weighted by Crippen LogP contribution is -2.38. The SMILES string of the molecule is CC1(COC(=O)c2ccccc2)C=Cc2cc(NC(=O)c3cccs3)ccc2O1. The average molecular weight is 405 g/mol. The van der Waals surface area contributed by atoms with E-state index in [4.69, 9.17) is 9.47 Å². The van der Waals surface area contributed by atoms with Gasteiger partial charge in [-0.25, -0.2) is 4.79 Å². The molecular formula is C23H19NO4S. The Morgan fingerprint density at radius 2 is 1.93 bits per heavy atom. The highest BCUT2D eigenvalue weighted by Gasteiger charge is 2.29. The van der Waals surface area contributed by atoms with Crippen LogP contribution in [0.4, 0.5) is 5.69 Å². The normalized spacial score (nSPS) is 17.1. The maximum atomic E-state index is 12.2. The van der Waals surface area contributed by atoms with Gasteiger partial charge in [-0.1, -0.05) is 30.3 Å². The molecule has 146 valence electrons. The Morgan fingerprint density at radius 1 is 1.10 bits per heavy atom. The van der Waals surface area contributed by atoms with Crippen LogP contribution in [0, 0.1) is 0 Å². The summed E-state index contributed by atoms with van der Waals surface area (Å²) in [5.74, 6) is 0.138. The number of fused-ring (bicyclic) bond motifs is 1. The Hall–Kier alpha value is -3.38. The minimum atomic E-state index is -0.765. The zero-order valence-electron chi connectivity index (χ0n) is 15.8. The molecule has 4 rings (SSSR count). The molecule has 1 aliphatic heterocycles. The molecule has 6 heteroatoms. The second kappa shape index (κ2) is 7.93. The number of esters is 1. The lowest BCUT2D eigenvalue weighted by atomic mass is 10.0. The highest BCUT2D eigenvalue weighted by molar-refractivity contribution is 7.12. The number of thiophene rings is 1. The molecule has 1 aliphatic rings. The van der Waals surface area contributed by atoms with Crippen LogP contribution in [0.5, 0.6) is 5.75 Å². The fourth-order valence-electron chi connectivity index (χ4n) is 2.95. The van der Waals surface area contributed by atoms with Crippen LogP contribution in [0.2, 0.25) is 0 Å². The van der Waals surface area contributed by atoms with Crippen molar-refractivity contribution < 1.29 is 19.1 Å². The summed E-state index contributed by atoms with van der Waals surface area (Å²) in [5, 5.41) is 4.75. The average Bonchev–Trinajstić information content (AvgIpc) is 3.28. The topological polar surface area (TPSA) is 64.6 Å². The summed E-state index contributed by atoms with van der Waals surface area (Å²) >= 11 is 1.39. The molecule has 1 unspecified atom stereocenters. The molecule has 0 bridgehead atoms. The molecule has 0 radical (unpaired) electrons. The van der Waals surface area contributed by atoms with Gasteiger partial charge in [-0.05, 0) is 54.8 Å². The third kappa shape index (κ3) is 4.38. The van der Waals surface area contributed by atoms with Crippen molar-refractivity contribution in [2.24, 2.45) is 0 Å². The molecule has 5 nitrogen and oxygen atoms in total. The van der Waals surface area contributed by atoms with Gasteiger partial charge in [0.15, 0.2) is 5.60 Å². The highest BCUT2D eigenvalue weighted by Crippen LogP contribution is 2.33. The first-order chi connectivity index (χ1) is 14.0. The van der Waals surface area contributed by atoms with Gasteiger partial charge in [-0.3, -0.25) is 4.79 Å². The highest BCUT2D eigenvalue weighted by atomic mass is 32.1. The molecule has 29 heavy (non-hydrogen) atoms. The summed E-state index contributed by atoms with van der Waals surface area (Å²) in [6, 6.07) is 17.9. The van der Waals surface area contributed by atoms with E-state index in [1.807, 2.05) is 42.7 Å². The number of anilines is 1. The Morgan fingerprint density at radius 3 is 2.69 bits per heavy atom. The number of benzene rings is 2. The Balaban J connectivity index is 1.41. The number of hydrogen-bond donors (Lipinski definition) is 1. The van der Waals surface area contributed by atoms with E-state index in [-0.39, 0.29) is 18.5 Å². The molecule has 2 heterocycles. The zero-order valence-corrected chi connectivity index (χ0v) is 16.6. The van der Waals surface area contributed by atoms with E-state index in [2.05, 4.69) is 5.32 Å². The fraction of sp³-hybridized carbons (Fsp3) is 0.130. The van der Waals surface area contributed by atoms with Crippen molar-refractivity contribution in [2.75, 3.05) is 11.9 Å². The molecule has 1 amide bonds. The maximum absolute atomic E-state index is 12.2. The standard InChI is InChI=1S/C23H19NO4S/c1-23(15-27-22(26)16-6-3-2-4-7-16)12-11-17-14-18(9-10-19(17)28-23)24-21(25)20-8-5-13-29-20/h2-14H,15H2,1H3,(H,24,25). The number of hydrogen-bond acceptors (Lipinski definition) is 5. The fourth-order valence-corrected chi connectivity index (χ4v) is 3.56. The van der Waals surface area contributed by atoms with Crippen molar-refractivity contribution in [1.82, 2.24) is 0 Å². The Labute approximate surface area is 172 Å². The van der Waals surface area contributed by atoms with Gasteiger partial charge in [-0.2, -0.15) is 0 Å². The van der Waals surface area contributed by atoms with Gasteiger partial charge in [0.25, 0.3) is 5.91 Å². The predicted molar refractivity (Wildman–Crippen MR) is 114 cm³/mol. The van der Waals surface area contributed by atoms with Crippen LogP contribution in [0.3, 0.4) is 0 Å². The molecule has 3 aromatic rings. The number of ether oxygens (including phenoxy) is 2. The molecule has 1 N–H and O–H groups in total. The number of rotatable bonds is 5. The van der Waals surface area contributed by atoms with Gasteiger partial charge < -0.3 is 14.8 Å². The molecule has 0 saturated heterocycles. The third-order valence-electron chi connectivity index (χ3n) is 4.47. The minimum absolute atomic E-state index is 0.0908. The van der Waals surface area contributed by atoms with E-state index < -0.39 is 5.60 Å². The molecule has 1 aromatic heterocycles. The molecule has 1 atom stereocenters. The lowest BCUT2D eigenvalue weighted by Gasteiger charge is -2.31. The first kappa shape index (κ1) is 19.0. The van der Waals surface area contributed by atoms with E-state index in [0.29, 0.717) is 21.9 Å². The summed E-state index contributed by atoms with van der Waals surface area (Å²) in [4.78, 5) is 25.0. The summed E-state index contributed by atoms with van der Waals surface area (Å²) in [6.45, 7) is 1.95. The van der Waals surface area contributed by atoms with E-state index in [9.17, 15) is 9.59 Å². The lowest BCUT2D eigenvalue weighted by molar-refractivity contribution is 0.0139. The van der Waals surface area contributed by atoms with Crippen molar-refractivity contribution in [3.05, 3.63) is 88.1 Å². The quantitative estimate of drug-likeness (QED) is 0.605. The van der Waals surface area contributed by atoms with E-state index in [0.717, 1.165) is 5.56 Å². The summed E-state index contributed by atoms with van der Waals surface area (Å²) in [5.41, 5.74) is 1.27. The molecule has 0 fully saturated rings. The van der Waals surface area contributed by atoms with Gasteiger partial charge in [0, 0.05) is 11.3 Å². The van der Waals surface area contributed by atoms with E-state index in [1.165, 1.54) is 11.3 Å². The van der Waals surface area contributed by atoms with Crippen LogP contribution in [-0.4, -0.2) is 24.1 Å². The number of nitrogens with one attached hydrogen (secondary N) is 1. The molecular weight excluding hydrogens is 386 g/mol. The van der Waals surface area contributed by atoms with Gasteiger partial charge >= 0.3 is 5.97 Å². The van der Waals surface area contributed by atoms with Crippen LogP contribution in [0.1, 0.15) is 32.5 Å². The van der Waals surface area contributed by atoms with Crippen molar-refractivity contribution in [3.8, 4) is 5.75 Å². The first-order valence-electron chi connectivity index (χ1n) is 9.12. The van der Waals surface area contributed by atoms with Crippen molar-refractivity contribution in [3.63, 3.8) is 0 Å². The Bertz CT molecular complexity index is 1060. The van der Waals surface area contributed by atoms with Crippen LogP contribution < -0.4 is 10.1 Å². The van der Waals surface area contributed by atoms with Crippen LogP contribution in [-0.2, 0) is 4.74 Å². The predicted octanol–water partition coefficient (Wildman–Crippen LogP) is 5.02. The summed E-state index contributed by atoms with van der Waals surface area (Å²) in [6.07, 6.45) is 3.77. The van der Waals surface area contributed by atoms with E-state index >= 15 is 0 Å². The zero-order chi connectivity index (χ0) is 20.3. The van der Waals surface area contributed by atoms with Crippen molar-refractivity contribution in [2.45, 2.75) is 12.5 Å². The molecule has 0 saturated carbocycles. The molecule has 0 aliphatic carbocycles. The van der Waals surface area contributed by atoms with Crippen molar-refractivity contribution >= 4 is 35.0 Å².